The average Bonchev–Trinajstić information content (AvgIpc) is 2.47. The normalized spacial score (nSPS) is 22.8. The summed E-state index contributed by atoms with van der Waals surface area (Å²) in [5.41, 5.74) is 0.461. The second-order valence-corrected chi connectivity index (χ2v) is 7.69. The first-order valence-electron chi connectivity index (χ1n) is 7.24. The Bertz CT molecular complexity index is 689. The van der Waals surface area contributed by atoms with Crippen LogP contribution >= 0.6 is 0 Å². The van der Waals surface area contributed by atoms with Gasteiger partial charge in [-0.1, -0.05) is 18.2 Å². The number of amides is 1. The summed E-state index contributed by atoms with van der Waals surface area (Å²) in [5, 5.41) is 9.08. The van der Waals surface area contributed by atoms with Gasteiger partial charge in [0.25, 0.3) is 5.91 Å². The predicted molar refractivity (Wildman–Crippen MR) is 84.5 cm³/mol. The van der Waals surface area contributed by atoms with Crippen molar-refractivity contribution in [3.05, 3.63) is 35.9 Å². The van der Waals surface area contributed by atoms with E-state index in [9.17, 15) is 18.0 Å². The van der Waals surface area contributed by atoms with Crippen LogP contribution in [0.3, 0.4) is 0 Å². The van der Waals surface area contributed by atoms with Crippen molar-refractivity contribution in [2.45, 2.75) is 25.4 Å². The van der Waals surface area contributed by atoms with Crippen molar-refractivity contribution in [3.8, 4) is 0 Å². The number of hydrogen-bond acceptors (Lipinski definition) is 4. The number of rotatable bonds is 4. The Kier molecular flexibility index (Phi) is 5.06. The van der Waals surface area contributed by atoms with Crippen molar-refractivity contribution in [2.75, 3.05) is 19.3 Å². The van der Waals surface area contributed by atoms with Crippen molar-refractivity contribution in [3.63, 3.8) is 0 Å². The van der Waals surface area contributed by atoms with Gasteiger partial charge in [-0.25, -0.2) is 8.42 Å². The number of carboxylic acids is 1. The number of piperazine rings is 1. The largest absolute Gasteiger partial charge is 0.481 e. The minimum absolute atomic E-state index is 0.00905. The van der Waals surface area contributed by atoms with E-state index in [-0.39, 0.29) is 25.4 Å². The second-order valence-electron chi connectivity index (χ2n) is 5.76. The van der Waals surface area contributed by atoms with E-state index in [0.717, 1.165) is 6.26 Å². The Morgan fingerprint density at radius 1 is 1.22 bits per heavy atom. The molecule has 0 aromatic heterocycles. The molecule has 2 rings (SSSR count). The molecule has 1 heterocycles. The fourth-order valence-corrected chi connectivity index (χ4v) is 4.01. The first kappa shape index (κ1) is 17.4. The Labute approximate surface area is 135 Å². The van der Waals surface area contributed by atoms with Gasteiger partial charge in [-0.2, -0.15) is 4.31 Å². The van der Waals surface area contributed by atoms with Crippen molar-refractivity contribution >= 4 is 21.9 Å². The molecule has 2 atom stereocenters. The Morgan fingerprint density at radius 2 is 1.83 bits per heavy atom. The molecule has 126 valence electrons. The zero-order chi connectivity index (χ0) is 17.2. The molecule has 0 saturated carbocycles. The van der Waals surface area contributed by atoms with Crippen LogP contribution < -0.4 is 0 Å². The van der Waals surface area contributed by atoms with Gasteiger partial charge >= 0.3 is 5.97 Å². The van der Waals surface area contributed by atoms with Gasteiger partial charge in [-0.3, -0.25) is 9.59 Å². The van der Waals surface area contributed by atoms with Crippen molar-refractivity contribution in [1.82, 2.24) is 9.21 Å². The van der Waals surface area contributed by atoms with Gasteiger partial charge in [0.2, 0.25) is 10.0 Å². The van der Waals surface area contributed by atoms with Crippen molar-refractivity contribution in [2.24, 2.45) is 0 Å². The molecule has 1 amide bonds. The molecule has 1 aliphatic heterocycles. The molecule has 23 heavy (non-hydrogen) atoms. The molecule has 1 aromatic rings. The predicted octanol–water partition coefficient (Wildman–Crippen LogP) is 0.636. The van der Waals surface area contributed by atoms with E-state index < -0.39 is 28.1 Å². The van der Waals surface area contributed by atoms with E-state index in [1.807, 2.05) is 0 Å². The van der Waals surface area contributed by atoms with E-state index in [0.29, 0.717) is 5.56 Å². The van der Waals surface area contributed by atoms with Crippen LogP contribution in [0.5, 0.6) is 0 Å². The fourth-order valence-electron chi connectivity index (χ4n) is 2.84. The van der Waals surface area contributed by atoms with Gasteiger partial charge in [0.15, 0.2) is 0 Å². The number of hydrogen-bond donors (Lipinski definition) is 1. The zero-order valence-corrected chi connectivity index (χ0v) is 13.9. The Hall–Kier alpha value is -1.93. The van der Waals surface area contributed by atoms with Gasteiger partial charge in [0.1, 0.15) is 0 Å². The maximum Gasteiger partial charge on any atom is 0.305 e. The lowest BCUT2D eigenvalue weighted by Gasteiger charge is -2.43. The summed E-state index contributed by atoms with van der Waals surface area (Å²) in [6.07, 6.45) is 0.799. The second kappa shape index (κ2) is 6.67. The molecular weight excluding hydrogens is 320 g/mol. The summed E-state index contributed by atoms with van der Waals surface area (Å²) >= 11 is 0. The van der Waals surface area contributed by atoms with E-state index in [1.54, 1.807) is 37.3 Å². The third-order valence-electron chi connectivity index (χ3n) is 3.90. The molecule has 0 unspecified atom stereocenters. The lowest BCUT2D eigenvalue weighted by Crippen LogP contribution is -2.60. The summed E-state index contributed by atoms with van der Waals surface area (Å²) in [6, 6.07) is 7.48. The van der Waals surface area contributed by atoms with Crippen LogP contribution in [0.1, 0.15) is 23.7 Å². The minimum Gasteiger partial charge on any atom is -0.481 e. The average molecular weight is 340 g/mol. The van der Waals surface area contributed by atoms with Gasteiger partial charge in [-0.15, -0.1) is 0 Å². The molecule has 1 saturated heterocycles. The third-order valence-corrected chi connectivity index (χ3v) is 5.26. The van der Waals surface area contributed by atoms with Crippen LogP contribution in [0.2, 0.25) is 0 Å². The molecular formula is C15H20N2O5S. The molecule has 0 bridgehead atoms. The van der Waals surface area contributed by atoms with Gasteiger partial charge in [0, 0.05) is 24.7 Å². The number of aliphatic carboxylic acids is 1. The highest BCUT2D eigenvalue weighted by Crippen LogP contribution is 2.22. The Balaban J connectivity index is 2.30. The molecule has 0 aliphatic carbocycles. The first-order chi connectivity index (χ1) is 10.7. The van der Waals surface area contributed by atoms with E-state index in [4.69, 9.17) is 5.11 Å². The summed E-state index contributed by atoms with van der Waals surface area (Å²) in [6.45, 7) is 1.87. The maximum atomic E-state index is 12.7. The first-order valence-corrected chi connectivity index (χ1v) is 9.09. The zero-order valence-electron chi connectivity index (χ0n) is 13.0. The third kappa shape index (κ3) is 4.08. The molecule has 0 spiro atoms. The number of carboxylic acid groups (broad SMARTS) is 1. The van der Waals surface area contributed by atoms with Crippen LogP contribution in [0.4, 0.5) is 0 Å². The number of carbonyl (C=O) groups excluding carboxylic acids is 1. The summed E-state index contributed by atoms with van der Waals surface area (Å²) in [4.78, 5) is 25.2. The number of sulfonamides is 1. The highest BCUT2D eigenvalue weighted by molar-refractivity contribution is 7.88. The summed E-state index contributed by atoms with van der Waals surface area (Å²) < 4.78 is 25.0. The molecule has 1 N–H and O–H groups in total. The smallest absolute Gasteiger partial charge is 0.305 e. The molecule has 1 fully saturated rings. The maximum absolute atomic E-state index is 12.7. The molecule has 8 heteroatoms. The van der Waals surface area contributed by atoms with E-state index in [1.165, 1.54) is 9.21 Å². The standard InChI is InChI=1S/C15H20N2O5S/c1-11-9-16(15(20)12-6-4-3-5-7-12)13(8-14(18)19)10-17(11)23(2,21)22/h3-7,11,13H,8-10H2,1-2H3,(H,18,19)/t11-,13+/m1/s1. The van der Waals surface area contributed by atoms with Crippen LogP contribution in [-0.2, 0) is 14.8 Å². The number of nitrogens with zero attached hydrogens (tertiary/aromatic N) is 2. The topological polar surface area (TPSA) is 95.0 Å². The molecule has 1 aliphatic rings. The highest BCUT2D eigenvalue weighted by atomic mass is 32.2. The molecule has 1 aromatic carbocycles. The minimum atomic E-state index is -3.46. The Morgan fingerprint density at radius 3 is 2.35 bits per heavy atom. The number of benzene rings is 1. The van der Waals surface area contributed by atoms with E-state index in [2.05, 4.69) is 0 Å². The summed E-state index contributed by atoms with van der Waals surface area (Å²) in [7, 11) is -3.46. The fraction of sp³-hybridized carbons (Fsp3) is 0.467. The van der Waals surface area contributed by atoms with Crippen LogP contribution in [0.25, 0.3) is 0 Å². The summed E-state index contributed by atoms with van der Waals surface area (Å²) in [5.74, 6) is -1.35. The van der Waals surface area contributed by atoms with Crippen LogP contribution in [0.15, 0.2) is 30.3 Å². The van der Waals surface area contributed by atoms with Gasteiger partial charge in [0.05, 0.1) is 18.7 Å². The van der Waals surface area contributed by atoms with Crippen LogP contribution in [-0.4, -0.2) is 66.0 Å². The van der Waals surface area contributed by atoms with E-state index >= 15 is 0 Å². The van der Waals surface area contributed by atoms with Crippen LogP contribution in [0, 0.1) is 0 Å². The number of carbonyl (C=O) groups is 2. The SMILES string of the molecule is C[C@@H]1CN(C(=O)c2ccccc2)[C@@H](CC(=O)O)CN1S(C)(=O)=O. The highest BCUT2D eigenvalue weighted by Gasteiger charge is 2.39. The lowest BCUT2D eigenvalue weighted by molar-refractivity contribution is -0.138. The van der Waals surface area contributed by atoms with Crippen molar-refractivity contribution < 1.29 is 23.1 Å². The molecule has 0 radical (unpaired) electrons. The van der Waals surface area contributed by atoms with Gasteiger partial charge in [-0.05, 0) is 19.1 Å². The van der Waals surface area contributed by atoms with Crippen molar-refractivity contribution in [1.29, 1.82) is 0 Å². The monoisotopic (exact) mass is 340 g/mol. The van der Waals surface area contributed by atoms with Gasteiger partial charge < -0.3 is 10.0 Å². The molecule has 7 nitrogen and oxygen atoms in total. The lowest BCUT2D eigenvalue weighted by atomic mass is 10.0. The quantitative estimate of drug-likeness (QED) is 0.868.